The number of hydrogen-bond acceptors (Lipinski definition) is 3. The summed E-state index contributed by atoms with van der Waals surface area (Å²) in [5, 5.41) is 5.81. The van der Waals surface area contributed by atoms with Crippen LogP contribution in [0.25, 0.3) is 0 Å². The molecule has 1 aromatic heterocycles. The molecule has 1 aromatic rings. The molecule has 16 heavy (non-hydrogen) atoms. The minimum atomic E-state index is 0.399. The molecule has 2 atom stereocenters. The van der Waals surface area contributed by atoms with Gasteiger partial charge in [-0.3, -0.25) is 0 Å². The van der Waals surface area contributed by atoms with Crippen LogP contribution in [0.5, 0.6) is 0 Å². The number of thiophene rings is 1. The Morgan fingerprint density at radius 3 is 3.00 bits per heavy atom. The lowest BCUT2D eigenvalue weighted by Crippen LogP contribution is -2.42. The Balaban J connectivity index is 1.84. The maximum atomic E-state index is 5.53. The van der Waals surface area contributed by atoms with Crippen molar-refractivity contribution in [2.24, 2.45) is 0 Å². The predicted octanol–water partition coefficient (Wildman–Crippen LogP) is 3.56. The van der Waals surface area contributed by atoms with Crippen LogP contribution >= 0.6 is 27.3 Å². The van der Waals surface area contributed by atoms with Crippen molar-refractivity contribution in [3.8, 4) is 0 Å². The second kappa shape index (κ2) is 6.15. The summed E-state index contributed by atoms with van der Waals surface area (Å²) >= 11 is 5.23. The SMILES string of the molecule is COC1CCCCC1NCc1csc(Br)c1. The number of methoxy groups -OCH3 is 1. The second-order valence-corrected chi connectivity index (χ2v) is 6.60. The van der Waals surface area contributed by atoms with E-state index in [0.29, 0.717) is 12.1 Å². The Morgan fingerprint density at radius 2 is 2.31 bits per heavy atom. The largest absolute Gasteiger partial charge is 0.380 e. The minimum Gasteiger partial charge on any atom is -0.380 e. The van der Waals surface area contributed by atoms with Gasteiger partial charge in [-0.15, -0.1) is 11.3 Å². The van der Waals surface area contributed by atoms with Crippen LogP contribution in [0.1, 0.15) is 31.2 Å². The Kier molecular flexibility index (Phi) is 4.82. The first-order valence-electron chi connectivity index (χ1n) is 5.78. The zero-order valence-electron chi connectivity index (χ0n) is 9.54. The van der Waals surface area contributed by atoms with E-state index in [2.05, 4.69) is 32.7 Å². The second-order valence-electron chi connectivity index (χ2n) is 4.31. The average Bonchev–Trinajstić information content (AvgIpc) is 2.73. The van der Waals surface area contributed by atoms with Gasteiger partial charge in [0.25, 0.3) is 0 Å². The van der Waals surface area contributed by atoms with Gasteiger partial charge in [-0.05, 0) is 45.8 Å². The fraction of sp³-hybridized carbons (Fsp3) is 0.667. The van der Waals surface area contributed by atoms with Crippen LogP contribution < -0.4 is 5.32 Å². The van der Waals surface area contributed by atoms with Crippen molar-refractivity contribution in [2.45, 2.75) is 44.4 Å². The molecule has 0 amide bonds. The van der Waals surface area contributed by atoms with Gasteiger partial charge < -0.3 is 10.1 Å². The lowest BCUT2D eigenvalue weighted by molar-refractivity contribution is 0.0413. The molecule has 1 N–H and O–H groups in total. The maximum absolute atomic E-state index is 5.53. The number of ether oxygens (including phenoxy) is 1. The van der Waals surface area contributed by atoms with Crippen molar-refractivity contribution < 1.29 is 4.74 Å². The van der Waals surface area contributed by atoms with Crippen molar-refractivity contribution in [1.82, 2.24) is 5.32 Å². The number of hydrogen-bond donors (Lipinski definition) is 1. The molecule has 1 saturated carbocycles. The van der Waals surface area contributed by atoms with Crippen LogP contribution in [0.2, 0.25) is 0 Å². The van der Waals surface area contributed by atoms with Gasteiger partial charge in [0, 0.05) is 19.7 Å². The smallest absolute Gasteiger partial charge is 0.0724 e. The van der Waals surface area contributed by atoms with Crippen LogP contribution in [-0.2, 0) is 11.3 Å². The Bertz CT molecular complexity index is 329. The normalized spacial score (nSPS) is 25.9. The summed E-state index contributed by atoms with van der Waals surface area (Å²) in [6.07, 6.45) is 5.47. The fourth-order valence-corrected chi connectivity index (χ4v) is 3.51. The Labute approximate surface area is 110 Å². The van der Waals surface area contributed by atoms with Crippen molar-refractivity contribution in [3.63, 3.8) is 0 Å². The van der Waals surface area contributed by atoms with Crippen molar-refractivity contribution in [3.05, 3.63) is 20.8 Å². The van der Waals surface area contributed by atoms with E-state index in [1.807, 2.05) is 7.11 Å². The molecule has 0 spiro atoms. The van der Waals surface area contributed by atoms with Gasteiger partial charge in [0.2, 0.25) is 0 Å². The van der Waals surface area contributed by atoms with E-state index in [4.69, 9.17) is 4.74 Å². The lowest BCUT2D eigenvalue weighted by Gasteiger charge is -2.31. The minimum absolute atomic E-state index is 0.399. The van der Waals surface area contributed by atoms with Gasteiger partial charge in [-0.25, -0.2) is 0 Å². The highest BCUT2D eigenvalue weighted by atomic mass is 79.9. The molecular weight excluding hydrogens is 286 g/mol. The quantitative estimate of drug-likeness (QED) is 0.918. The summed E-state index contributed by atoms with van der Waals surface area (Å²) in [6, 6.07) is 2.71. The molecule has 0 bridgehead atoms. The number of nitrogens with one attached hydrogen (secondary N) is 1. The van der Waals surface area contributed by atoms with Crippen molar-refractivity contribution in [2.75, 3.05) is 7.11 Å². The standard InChI is InChI=1S/C12H18BrNOS/c1-15-11-5-3-2-4-10(11)14-7-9-6-12(13)16-8-9/h6,8,10-11,14H,2-5,7H2,1H3. The highest BCUT2D eigenvalue weighted by Crippen LogP contribution is 2.23. The average molecular weight is 304 g/mol. The first kappa shape index (κ1) is 12.6. The molecular formula is C12H18BrNOS. The van der Waals surface area contributed by atoms with Gasteiger partial charge in [0.15, 0.2) is 0 Å². The molecule has 0 aromatic carbocycles. The van der Waals surface area contributed by atoms with E-state index in [-0.39, 0.29) is 0 Å². The van der Waals surface area contributed by atoms with Crippen molar-refractivity contribution in [1.29, 1.82) is 0 Å². The van der Waals surface area contributed by atoms with Crippen molar-refractivity contribution >= 4 is 27.3 Å². The molecule has 1 fully saturated rings. The van der Waals surface area contributed by atoms with E-state index in [0.717, 1.165) is 6.54 Å². The van der Waals surface area contributed by atoms with Gasteiger partial charge in [0.05, 0.1) is 9.89 Å². The van der Waals surface area contributed by atoms with E-state index < -0.39 is 0 Å². The molecule has 2 rings (SSSR count). The van der Waals surface area contributed by atoms with Crippen LogP contribution in [0.3, 0.4) is 0 Å². The number of halogens is 1. The first-order chi connectivity index (χ1) is 7.79. The number of rotatable bonds is 4. The van der Waals surface area contributed by atoms with E-state index in [1.54, 1.807) is 11.3 Å². The van der Waals surface area contributed by atoms with Crippen LogP contribution in [0.4, 0.5) is 0 Å². The summed E-state index contributed by atoms with van der Waals surface area (Å²) in [7, 11) is 1.83. The molecule has 0 radical (unpaired) electrons. The highest BCUT2D eigenvalue weighted by Gasteiger charge is 2.24. The van der Waals surface area contributed by atoms with Gasteiger partial charge in [-0.2, -0.15) is 0 Å². The summed E-state index contributed by atoms with van der Waals surface area (Å²) < 4.78 is 6.73. The maximum Gasteiger partial charge on any atom is 0.0724 e. The van der Waals surface area contributed by atoms with Gasteiger partial charge >= 0.3 is 0 Å². The monoisotopic (exact) mass is 303 g/mol. The van der Waals surface area contributed by atoms with Gasteiger partial charge in [-0.1, -0.05) is 12.8 Å². The molecule has 4 heteroatoms. The molecule has 0 aliphatic heterocycles. The Morgan fingerprint density at radius 1 is 1.50 bits per heavy atom. The Hall–Kier alpha value is 0.100. The topological polar surface area (TPSA) is 21.3 Å². The predicted molar refractivity (Wildman–Crippen MR) is 71.9 cm³/mol. The molecule has 1 heterocycles. The van der Waals surface area contributed by atoms with E-state index >= 15 is 0 Å². The summed E-state index contributed by atoms with van der Waals surface area (Å²) in [4.78, 5) is 0. The molecule has 0 saturated heterocycles. The first-order valence-corrected chi connectivity index (χ1v) is 7.46. The highest BCUT2D eigenvalue weighted by molar-refractivity contribution is 9.11. The molecule has 2 unspecified atom stereocenters. The fourth-order valence-electron chi connectivity index (χ4n) is 2.30. The molecule has 90 valence electrons. The summed E-state index contributed by atoms with van der Waals surface area (Å²) in [5.74, 6) is 0. The molecule has 1 aliphatic rings. The van der Waals surface area contributed by atoms with Crippen LogP contribution in [0, 0.1) is 0 Å². The molecule has 2 nitrogen and oxygen atoms in total. The third-order valence-electron chi connectivity index (χ3n) is 3.20. The van der Waals surface area contributed by atoms with Crippen LogP contribution in [0.15, 0.2) is 15.2 Å². The summed E-state index contributed by atoms with van der Waals surface area (Å²) in [6.45, 7) is 0.951. The lowest BCUT2D eigenvalue weighted by atomic mass is 9.92. The zero-order valence-corrected chi connectivity index (χ0v) is 11.9. The van der Waals surface area contributed by atoms with Crippen LogP contribution in [-0.4, -0.2) is 19.3 Å². The van der Waals surface area contributed by atoms with E-state index in [1.165, 1.54) is 35.0 Å². The third kappa shape index (κ3) is 3.29. The summed E-state index contributed by atoms with van der Waals surface area (Å²) in [5.41, 5.74) is 1.36. The third-order valence-corrected chi connectivity index (χ3v) is 4.75. The van der Waals surface area contributed by atoms with E-state index in [9.17, 15) is 0 Å². The molecule has 1 aliphatic carbocycles. The zero-order chi connectivity index (χ0) is 11.4. The van der Waals surface area contributed by atoms with Gasteiger partial charge in [0.1, 0.15) is 0 Å².